The van der Waals surface area contributed by atoms with Crippen LogP contribution in [0.5, 0.6) is 0 Å². The zero-order chi connectivity index (χ0) is 13.9. The van der Waals surface area contributed by atoms with Gasteiger partial charge in [0.15, 0.2) is 0 Å². The molecule has 0 saturated carbocycles. The van der Waals surface area contributed by atoms with Gasteiger partial charge in [0.05, 0.1) is 5.56 Å². The number of hydrogen-bond acceptors (Lipinski definition) is 1. The molecule has 1 nitrogen and oxygen atoms in total. The summed E-state index contributed by atoms with van der Waals surface area (Å²) in [6.45, 7) is 5.13. The normalized spacial score (nSPS) is 21.6. The lowest BCUT2D eigenvalue weighted by Gasteiger charge is -2.33. The smallest absolute Gasteiger partial charge is 0.303 e. The summed E-state index contributed by atoms with van der Waals surface area (Å²) in [4.78, 5) is 2.36. The molecular formula is C15H20F3N. The molecule has 19 heavy (non-hydrogen) atoms. The molecule has 1 atom stereocenters. The van der Waals surface area contributed by atoms with Gasteiger partial charge in [0.2, 0.25) is 0 Å². The van der Waals surface area contributed by atoms with E-state index in [4.69, 9.17) is 0 Å². The van der Waals surface area contributed by atoms with Crippen molar-refractivity contribution in [3.63, 3.8) is 0 Å². The summed E-state index contributed by atoms with van der Waals surface area (Å²) in [6.07, 6.45) is -1.09. The van der Waals surface area contributed by atoms with Crippen molar-refractivity contribution in [1.82, 2.24) is 4.90 Å². The van der Waals surface area contributed by atoms with Gasteiger partial charge in [-0.15, -0.1) is 0 Å². The number of alkyl halides is 3. The van der Waals surface area contributed by atoms with E-state index < -0.39 is 11.7 Å². The molecule has 1 aromatic rings. The topological polar surface area (TPSA) is 3.24 Å². The zero-order valence-corrected chi connectivity index (χ0v) is 11.2. The number of nitrogens with zero attached hydrogens (tertiary/aromatic N) is 1. The fraction of sp³-hybridized carbons (Fsp3) is 0.600. The van der Waals surface area contributed by atoms with Crippen LogP contribution in [-0.4, -0.2) is 24.5 Å². The minimum atomic E-state index is -4.24. The molecule has 0 aromatic heterocycles. The van der Waals surface area contributed by atoms with Crippen LogP contribution in [0.2, 0.25) is 0 Å². The highest BCUT2D eigenvalue weighted by Crippen LogP contribution is 2.33. The monoisotopic (exact) mass is 271 g/mol. The van der Waals surface area contributed by atoms with Crippen LogP contribution >= 0.6 is 0 Å². The van der Waals surface area contributed by atoms with Crippen LogP contribution in [0.4, 0.5) is 13.2 Å². The predicted molar refractivity (Wildman–Crippen MR) is 70.2 cm³/mol. The highest BCUT2D eigenvalue weighted by Gasteiger charge is 2.31. The Bertz CT molecular complexity index is 412. The van der Waals surface area contributed by atoms with Crippen molar-refractivity contribution < 1.29 is 13.2 Å². The average Bonchev–Trinajstić information content (AvgIpc) is 2.39. The quantitative estimate of drug-likeness (QED) is 0.792. The van der Waals surface area contributed by atoms with Crippen molar-refractivity contribution in [3.8, 4) is 0 Å². The van der Waals surface area contributed by atoms with E-state index in [2.05, 4.69) is 11.8 Å². The Hall–Kier alpha value is -1.03. The van der Waals surface area contributed by atoms with Crippen molar-refractivity contribution in [2.24, 2.45) is 0 Å². The van der Waals surface area contributed by atoms with Crippen molar-refractivity contribution in [1.29, 1.82) is 0 Å². The molecule has 0 N–H and O–H groups in total. The van der Waals surface area contributed by atoms with Crippen LogP contribution in [0.15, 0.2) is 24.3 Å². The Balaban J connectivity index is 2.13. The third-order valence-corrected chi connectivity index (χ3v) is 3.73. The number of hydrogen-bond donors (Lipinski definition) is 0. The number of piperidine rings is 1. The summed E-state index contributed by atoms with van der Waals surface area (Å²) >= 11 is 0. The maximum atomic E-state index is 12.7. The number of halogens is 3. The van der Waals surface area contributed by atoms with E-state index in [1.165, 1.54) is 12.1 Å². The maximum Gasteiger partial charge on any atom is 0.416 e. The summed E-state index contributed by atoms with van der Waals surface area (Å²) in [5.41, 5.74) is 0.299. The van der Waals surface area contributed by atoms with Gasteiger partial charge >= 0.3 is 6.18 Å². The van der Waals surface area contributed by atoms with E-state index in [9.17, 15) is 13.2 Å². The van der Waals surface area contributed by atoms with Crippen LogP contribution in [0.25, 0.3) is 0 Å². The first kappa shape index (κ1) is 14.4. The van der Waals surface area contributed by atoms with Crippen molar-refractivity contribution in [3.05, 3.63) is 35.4 Å². The average molecular weight is 271 g/mol. The van der Waals surface area contributed by atoms with Crippen LogP contribution < -0.4 is 0 Å². The standard InChI is InChI=1S/C15H20F3N/c1-2-8-19-9-4-6-13(11-19)12-5-3-7-14(10-12)15(16,17)18/h3,5,7,10,13H,2,4,6,8-9,11H2,1H3/t13-/m0/s1. The lowest BCUT2D eigenvalue weighted by atomic mass is 9.89. The van der Waals surface area contributed by atoms with Gasteiger partial charge < -0.3 is 4.90 Å². The van der Waals surface area contributed by atoms with Gasteiger partial charge in [0.1, 0.15) is 0 Å². The van der Waals surface area contributed by atoms with Gasteiger partial charge in [0, 0.05) is 6.54 Å². The molecule has 0 spiro atoms. The molecule has 1 aromatic carbocycles. The molecule has 0 bridgehead atoms. The molecule has 106 valence electrons. The molecule has 1 aliphatic heterocycles. The van der Waals surface area contributed by atoms with Gasteiger partial charge in [-0.05, 0) is 49.9 Å². The molecular weight excluding hydrogens is 251 g/mol. The van der Waals surface area contributed by atoms with Crippen molar-refractivity contribution in [2.45, 2.75) is 38.3 Å². The van der Waals surface area contributed by atoms with Gasteiger partial charge in [-0.2, -0.15) is 13.2 Å². The van der Waals surface area contributed by atoms with Gasteiger partial charge in [-0.3, -0.25) is 0 Å². The van der Waals surface area contributed by atoms with E-state index in [1.54, 1.807) is 0 Å². The minimum Gasteiger partial charge on any atom is -0.303 e. The Morgan fingerprint density at radius 1 is 1.32 bits per heavy atom. The third kappa shape index (κ3) is 3.72. The van der Waals surface area contributed by atoms with Crippen LogP contribution in [0.1, 0.15) is 43.2 Å². The molecule has 4 heteroatoms. The Morgan fingerprint density at radius 3 is 2.79 bits per heavy atom. The number of likely N-dealkylation sites (tertiary alicyclic amines) is 1. The van der Waals surface area contributed by atoms with E-state index in [1.807, 2.05) is 6.07 Å². The SMILES string of the molecule is CCCN1CCC[C@H](c2cccc(C(F)(F)F)c2)C1. The summed E-state index contributed by atoms with van der Waals surface area (Å²) < 4.78 is 38.2. The largest absolute Gasteiger partial charge is 0.416 e. The molecule has 0 aliphatic carbocycles. The number of rotatable bonds is 3. The third-order valence-electron chi connectivity index (χ3n) is 3.73. The van der Waals surface area contributed by atoms with E-state index in [-0.39, 0.29) is 5.92 Å². The molecule has 1 aliphatic rings. The highest BCUT2D eigenvalue weighted by atomic mass is 19.4. The lowest BCUT2D eigenvalue weighted by molar-refractivity contribution is -0.137. The highest BCUT2D eigenvalue weighted by molar-refractivity contribution is 5.28. The molecule has 1 saturated heterocycles. The first-order valence-electron chi connectivity index (χ1n) is 6.90. The summed E-state index contributed by atoms with van der Waals surface area (Å²) in [6, 6.07) is 5.82. The number of benzene rings is 1. The Kier molecular flexibility index (Phi) is 4.50. The minimum absolute atomic E-state index is 0.239. The second-order valence-corrected chi connectivity index (χ2v) is 5.26. The first-order valence-corrected chi connectivity index (χ1v) is 6.90. The van der Waals surface area contributed by atoms with Crippen LogP contribution in [0.3, 0.4) is 0 Å². The zero-order valence-electron chi connectivity index (χ0n) is 11.2. The molecule has 2 rings (SSSR count). The van der Waals surface area contributed by atoms with E-state index in [0.29, 0.717) is 0 Å². The summed E-state index contributed by atoms with van der Waals surface area (Å²) in [5.74, 6) is 0.239. The molecule has 0 unspecified atom stereocenters. The molecule has 1 heterocycles. The molecule has 0 amide bonds. The van der Waals surface area contributed by atoms with Crippen LogP contribution in [0, 0.1) is 0 Å². The van der Waals surface area contributed by atoms with Crippen molar-refractivity contribution >= 4 is 0 Å². The fourth-order valence-corrected chi connectivity index (χ4v) is 2.82. The molecule has 0 radical (unpaired) electrons. The lowest BCUT2D eigenvalue weighted by Crippen LogP contribution is -2.34. The van der Waals surface area contributed by atoms with E-state index in [0.717, 1.165) is 50.5 Å². The Morgan fingerprint density at radius 2 is 2.11 bits per heavy atom. The summed E-state index contributed by atoms with van der Waals surface area (Å²) in [5, 5.41) is 0. The summed E-state index contributed by atoms with van der Waals surface area (Å²) in [7, 11) is 0. The van der Waals surface area contributed by atoms with Crippen LogP contribution in [-0.2, 0) is 6.18 Å². The van der Waals surface area contributed by atoms with Gasteiger partial charge in [0.25, 0.3) is 0 Å². The van der Waals surface area contributed by atoms with Gasteiger partial charge in [-0.25, -0.2) is 0 Å². The Labute approximate surface area is 112 Å². The molecule has 1 fully saturated rings. The fourth-order valence-electron chi connectivity index (χ4n) is 2.82. The predicted octanol–water partition coefficient (Wildman–Crippen LogP) is 4.29. The van der Waals surface area contributed by atoms with Gasteiger partial charge in [-0.1, -0.05) is 25.1 Å². The first-order chi connectivity index (χ1) is 9.00. The second-order valence-electron chi connectivity index (χ2n) is 5.26. The maximum absolute atomic E-state index is 12.7. The van der Waals surface area contributed by atoms with E-state index >= 15 is 0 Å². The second kappa shape index (κ2) is 5.95. The van der Waals surface area contributed by atoms with Crippen molar-refractivity contribution in [2.75, 3.05) is 19.6 Å².